The lowest BCUT2D eigenvalue weighted by Gasteiger charge is -2.13. The Kier molecular flexibility index (Phi) is 6.65. The molecule has 0 aliphatic carbocycles. The van der Waals surface area contributed by atoms with Gasteiger partial charge in [-0.25, -0.2) is 19.9 Å². The molecule has 2 atom stereocenters. The van der Waals surface area contributed by atoms with Gasteiger partial charge in [0, 0.05) is 0 Å². The number of hydrogen-bond donors (Lipinski definition) is 4. The number of ether oxygens (including phenoxy) is 2. The zero-order valence-electron chi connectivity index (χ0n) is 17.0. The molecular weight excluding hydrogens is 422 g/mol. The molecule has 1 saturated heterocycles. The molecule has 0 aromatic carbocycles. The predicted octanol–water partition coefficient (Wildman–Crippen LogP) is -0.836. The number of aromatic amines is 1. The van der Waals surface area contributed by atoms with E-state index in [0.717, 1.165) is 12.8 Å². The lowest BCUT2D eigenvalue weighted by molar-refractivity contribution is -0.0207. The Labute approximate surface area is 180 Å². The Hall–Kier alpha value is -3.46. The second-order valence-corrected chi connectivity index (χ2v) is 6.94. The highest BCUT2D eigenvalue weighted by Crippen LogP contribution is 2.29. The summed E-state index contributed by atoms with van der Waals surface area (Å²) < 4.78 is 14.2. The third-order valence-corrected chi connectivity index (χ3v) is 4.81. The van der Waals surface area contributed by atoms with E-state index in [1.807, 2.05) is 0 Å². The van der Waals surface area contributed by atoms with Crippen LogP contribution in [0.1, 0.15) is 19.1 Å². The summed E-state index contributed by atoms with van der Waals surface area (Å²) in [6.45, 7) is 0.564. The van der Waals surface area contributed by atoms with Crippen LogP contribution in [-0.4, -0.2) is 75.2 Å². The molecule has 0 radical (unpaired) electrons. The molecule has 5 heterocycles. The first-order valence-corrected chi connectivity index (χ1v) is 9.89. The summed E-state index contributed by atoms with van der Waals surface area (Å²) in [4.78, 5) is 34.0. The molecule has 0 bridgehead atoms. The van der Waals surface area contributed by atoms with Gasteiger partial charge in [-0.15, -0.1) is 0 Å². The van der Waals surface area contributed by atoms with Crippen molar-refractivity contribution in [2.45, 2.75) is 31.9 Å². The predicted molar refractivity (Wildman–Crippen MR) is 111 cm³/mol. The highest BCUT2D eigenvalue weighted by Gasteiger charge is 2.27. The molecule has 32 heavy (non-hydrogen) atoms. The van der Waals surface area contributed by atoms with Gasteiger partial charge in [0.25, 0.3) is 5.56 Å². The Balaban J connectivity index is 0.000000155. The minimum Gasteiger partial charge on any atom is -0.394 e. The lowest BCUT2D eigenvalue weighted by atomic mass is 10.2. The fraction of sp³-hybridized carbons (Fsp3) is 0.444. The van der Waals surface area contributed by atoms with Gasteiger partial charge in [-0.05, 0) is 12.8 Å². The van der Waals surface area contributed by atoms with Gasteiger partial charge >= 0.3 is 0 Å². The lowest BCUT2D eigenvalue weighted by Crippen LogP contribution is -2.14. The van der Waals surface area contributed by atoms with Crippen molar-refractivity contribution in [1.29, 1.82) is 0 Å². The van der Waals surface area contributed by atoms with E-state index in [0.29, 0.717) is 22.3 Å². The first-order valence-electron chi connectivity index (χ1n) is 9.89. The van der Waals surface area contributed by atoms with E-state index >= 15 is 0 Å². The Bertz CT molecular complexity index is 1240. The summed E-state index contributed by atoms with van der Waals surface area (Å²) in [5.41, 5.74) is 7.31. The summed E-state index contributed by atoms with van der Waals surface area (Å²) in [6, 6.07) is 0. The van der Waals surface area contributed by atoms with Gasteiger partial charge in [0.15, 0.2) is 16.8 Å². The molecule has 14 nitrogen and oxygen atoms in total. The van der Waals surface area contributed by atoms with Crippen LogP contribution in [0.3, 0.4) is 0 Å². The van der Waals surface area contributed by atoms with E-state index < -0.39 is 0 Å². The summed E-state index contributed by atoms with van der Waals surface area (Å²) in [5, 5.41) is 17.6. The molecule has 0 amide bonds. The number of rotatable bonds is 6. The number of aromatic nitrogens is 8. The normalized spacial score (nSPS) is 18.2. The van der Waals surface area contributed by atoms with Crippen molar-refractivity contribution in [3.8, 4) is 0 Å². The molecule has 4 aromatic rings. The standard InChI is InChI=1S/C10H12N4O3.C8H11N5O2/c15-3-6-1-2-7(17-6)14-5-13-8-9(14)11-4-12-10(8)16;9-8-10-3-6-7(12-8)13(4-11-6)5-15-2-1-14/h4-7,15H,1-3H2,(H,11,12,16);3-4,14H,1-2,5H2,(H2,9,10,12)/t6-,7+;/m0./s1. The van der Waals surface area contributed by atoms with Crippen LogP contribution in [0.15, 0.2) is 30.0 Å². The van der Waals surface area contributed by atoms with E-state index in [1.165, 1.54) is 6.33 Å². The molecule has 1 aliphatic heterocycles. The third kappa shape index (κ3) is 4.57. The molecule has 170 valence electrons. The summed E-state index contributed by atoms with van der Waals surface area (Å²) in [7, 11) is 0. The second kappa shape index (κ2) is 9.78. The van der Waals surface area contributed by atoms with Gasteiger partial charge in [0.2, 0.25) is 5.95 Å². The van der Waals surface area contributed by atoms with Crippen LogP contribution in [0.5, 0.6) is 0 Å². The largest absolute Gasteiger partial charge is 0.394 e. The Morgan fingerprint density at radius 3 is 2.84 bits per heavy atom. The van der Waals surface area contributed by atoms with E-state index in [9.17, 15) is 4.79 Å². The zero-order chi connectivity index (χ0) is 22.5. The minimum atomic E-state index is -0.259. The maximum atomic E-state index is 11.5. The first kappa shape index (κ1) is 21.8. The van der Waals surface area contributed by atoms with Crippen molar-refractivity contribution in [2.24, 2.45) is 0 Å². The van der Waals surface area contributed by atoms with Gasteiger partial charge in [0.1, 0.15) is 18.5 Å². The van der Waals surface area contributed by atoms with Crippen LogP contribution in [0, 0.1) is 0 Å². The van der Waals surface area contributed by atoms with Crippen LogP contribution in [0.2, 0.25) is 0 Å². The summed E-state index contributed by atoms with van der Waals surface area (Å²) >= 11 is 0. The average Bonchev–Trinajstić information content (AvgIpc) is 3.53. The number of hydrogen-bond acceptors (Lipinski definition) is 11. The van der Waals surface area contributed by atoms with Crippen molar-refractivity contribution in [3.05, 3.63) is 35.5 Å². The van der Waals surface area contributed by atoms with Crippen LogP contribution in [0.25, 0.3) is 22.3 Å². The molecule has 0 spiro atoms. The van der Waals surface area contributed by atoms with Crippen LogP contribution in [-0.2, 0) is 16.2 Å². The van der Waals surface area contributed by atoms with Crippen molar-refractivity contribution in [1.82, 2.24) is 39.0 Å². The molecule has 1 fully saturated rings. The number of nitrogens with zero attached hydrogens (tertiary/aromatic N) is 7. The molecule has 0 unspecified atom stereocenters. The number of nitrogens with two attached hydrogens (primary N) is 1. The Morgan fingerprint density at radius 2 is 2.06 bits per heavy atom. The monoisotopic (exact) mass is 445 g/mol. The van der Waals surface area contributed by atoms with Crippen LogP contribution in [0.4, 0.5) is 5.95 Å². The van der Waals surface area contributed by atoms with E-state index in [4.69, 9.17) is 25.4 Å². The molecule has 1 aliphatic rings. The number of anilines is 1. The summed E-state index contributed by atoms with van der Waals surface area (Å²) in [6.07, 6.45) is 7.29. The number of nitrogens with one attached hydrogen (secondary N) is 1. The molecule has 4 aromatic heterocycles. The summed E-state index contributed by atoms with van der Waals surface area (Å²) in [5.74, 6) is 0.200. The highest BCUT2D eigenvalue weighted by molar-refractivity contribution is 5.70. The fourth-order valence-corrected chi connectivity index (χ4v) is 3.29. The maximum absolute atomic E-state index is 11.5. The first-order chi connectivity index (χ1) is 15.6. The molecule has 5 rings (SSSR count). The number of H-pyrrole nitrogens is 1. The highest BCUT2D eigenvalue weighted by atomic mass is 16.5. The fourth-order valence-electron chi connectivity index (χ4n) is 3.29. The molecule has 14 heteroatoms. The maximum Gasteiger partial charge on any atom is 0.278 e. The van der Waals surface area contributed by atoms with Gasteiger partial charge in [-0.3, -0.25) is 13.9 Å². The van der Waals surface area contributed by atoms with Crippen LogP contribution >= 0.6 is 0 Å². The van der Waals surface area contributed by atoms with E-state index in [2.05, 4.69) is 29.9 Å². The second-order valence-electron chi connectivity index (χ2n) is 6.94. The van der Waals surface area contributed by atoms with Crippen molar-refractivity contribution in [2.75, 3.05) is 25.6 Å². The zero-order valence-corrected chi connectivity index (χ0v) is 17.0. The van der Waals surface area contributed by atoms with Gasteiger partial charge in [0.05, 0.1) is 51.1 Å². The minimum absolute atomic E-state index is 0.0102. The number of fused-ring (bicyclic) bond motifs is 2. The van der Waals surface area contributed by atoms with Crippen molar-refractivity contribution in [3.63, 3.8) is 0 Å². The number of nitrogen functional groups attached to an aromatic ring is 1. The topological polar surface area (TPSA) is 192 Å². The van der Waals surface area contributed by atoms with Crippen molar-refractivity contribution < 1.29 is 19.7 Å². The quantitative estimate of drug-likeness (QED) is 0.271. The Morgan fingerprint density at radius 1 is 1.19 bits per heavy atom. The molecule has 0 saturated carbocycles. The molecular formula is C18H23N9O5. The number of imidazole rings is 2. The third-order valence-electron chi connectivity index (χ3n) is 4.81. The SMILES string of the molecule is Nc1ncc2ncn(COCCO)c2n1.O=c1[nH]cnc2c1ncn2[C@H]1CC[C@@H](CO)O1. The number of aliphatic hydroxyl groups excluding tert-OH is 2. The molecule has 5 N–H and O–H groups in total. The van der Waals surface area contributed by atoms with Gasteiger partial charge < -0.3 is 30.4 Å². The van der Waals surface area contributed by atoms with Gasteiger partial charge in [-0.1, -0.05) is 0 Å². The van der Waals surface area contributed by atoms with E-state index in [1.54, 1.807) is 28.0 Å². The van der Waals surface area contributed by atoms with E-state index in [-0.39, 0.29) is 50.4 Å². The van der Waals surface area contributed by atoms with Crippen LogP contribution < -0.4 is 11.3 Å². The average molecular weight is 445 g/mol. The smallest absolute Gasteiger partial charge is 0.278 e. The van der Waals surface area contributed by atoms with Gasteiger partial charge in [-0.2, -0.15) is 4.98 Å². The number of aliphatic hydroxyl groups is 2. The van der Waals surface area contributed by atoms with Crippen molar-refractivity contribution >= 4 is 28.3 Å².